The van der Waals surface area contributed by atoms with Crippen LogP contribution in [0.25, 0.3) is 0 Å². The van der Waals surface area contributed by atoms with Crippen molar-refractivity contribution in [3.05, 3.63) is 65.7 Å². The van der Waals surface area contributed by atoms with Gasteiger partial charge in [-0.05, 0) is 17.7 Å². The minimum absolute atomic E-state index is 0.00596. The lowest BCUT2D eigenvalue weighted by Crippen LogP contribution is -2.36. The minimum atomic E-state index is -1.26. The molecule has 2 aromatic rings. The summed E-state index contributed by atoms with van der Waals surface area (Å²) >= 11 is 0. The zero-order valence-electron chi connectivity index (χ0n) is 11.4. The highest BCUT2D eigenvalue weighted by Crippen LogP contribution is 2.25. The number of benzene rings is 2. The highest BCUT2D eigenvalue weighted by molar-refractivity contribution is 5.25. The minimum Gasteiger partial charge on any atom is -0.490 e. The molecule has 0 radical (unpaired) electrons. The average molecular weight is 293 g/mol. The summed E-state index contributed by atoms with van der Waals surface area (Å²) in [6, 6.07) is 11.9. The van der Waals surface area contributed by atoms with Crippen LogP contribution in [0, 0.1) is 11.6 Å². The van der Waals surface area contributed by atoms with Crippen molar-refractivity contribution in [1.82, 2.24) is 0 Å². The lowest BCUT2D eigenvalue weighted by atomic mass is 9.91. The zero-order valence-corrected chi connectivity index (χ0v) is 11.4. The first-order valence-corrected chi connectivity index (χ1v) is 6.61. The fourth-order valence-corrected chi connectivity index (χ4v) is 2.03. The van der Waals surface area contributed by atoms with Crippen molar-refractivity contribution in [1.29, 1.82) is 0 Å². The first-order valence-electron chi connectivity index (χ1n) is 6.61. The van der Waals surface area contributed by atoms with Crippen molar-refractivity contribution >= 4 is 0 Å². The van der Waals surface area contributed by atoms with E-state index in [9.17, 15) is 13.9 Å². The second-order valence-corrected chi connectivity index (χ2v) is 4.77. The molecule has 0 aliphatic heterocycles. The van der Waals surface area contributed by atoms with Crippen LogP contribution in [0.1, 0.15) is 12.0 Å². The molecule has 0 amide bonds. The van der Waals surface area contributed by atoms with Crippen molar-refractivity contribution in [3.63, 3.8) is 0 Å². The summed E-state index contributed by atoms with van der Waals surface area (Å²) in [6.07, 6.45) is 0.170. The van der Waals surface area contributed by atoms with Gasteiger partial charge in [-0.2, -0.15) is 0 Å². The van der Waals surface area contributed by atoms with Gasteiger partial charge in [0.1, 0.15) is 11.4 Å². The van der Waals surface area contributed by atoms with Gasteiger partial charge < -0.3 is 15.6 Å². The number of ether oxygens (including phenoxy) is 1. The Kier molecular flexibility index (Phi) is 4.88. The molecule has 3 N–H and O–H groups in total. The number of halogens is 2. The zero-order chi connectivity index (χ0) is 15.3. The van der Waals surface area contributed by atoms with Crippen molar-refractivity contribution in [3.8, 4) is 5.75 Å². The van der Waals surface area contributed by atoms with Gasteiger partial charge in [0.15, 0.2) is 11.6 Å². The molecule has 1 unspecified atom stereocenters. The third kappa shape index (κ3) is 3.77. The van der Waals surface area contributed by atoms with Gasteiger partial charge >= 0.3 is 0 Å². The van der Waals surface area contributed by atoms with Crippen LogP contribution in [0.4, 0.5) is 8.78 Å². The quantitative estimate of drug-likeness (QED) is 0.860. The number of hydrogen-bond acceptors (Lipinski definition) is 3. The summed E-state index contributed by atoms with van der Waals surface area (Å²) in [7, 11) is 0. The van der Waals surface area contributed by atoms with Gasteiger partial charge in [-0.1, -0.05) is 30.3 Å². The van der Waals surface area contributed by atoms with E-state index in [2.05, 4.69) is 0 Å². The number of nitrogens with two attached hydrogens (primary N) is 1. The third-order valence-corrected chi connectivity index (χ3v) is 3.32. The van der Waals surface area contributed by atoms with Crippen molar-refractivity contribution in [2.24, 2.45) is 5.73 Å². The summed E-state index contributed by atoms with van der Waals surface area (Å²) in [5.41, 5.74) is 5.04. The molecule has 21 heavy (non-hydrogen) atoms. The van der Waals surface area contributed by atoms with Gasteiger partial charge in [0.05, 0.1) is 6.61 Å². The fraction of sp³-hybridized carbons (Fsp3) is 0.250. The van der Waals surface area contributed by atoms with Crippen molar-refractivity contribution in [2.45, 2.75) is 12.0 Å². The topological polar surface area (TPSA) is 55.5 Å². The molecule has 2 aromatic carbocycles. The molecule has 2 rings (SSSR count). The first-order chi connectivity index (χ1) is 10.0. The summed E-state index contributed by atoms with van der Waals surface area (Å²) in [5.74, 6) is -1.40. The predicted octanol–water partition coefficient (Wildman–Crippen LogP) is 2.58. The lowest BCUT2D eigenvalue weighted by molar-refractivity contribution is 0.0228. The van der Waals surface area contributed by atoms with Crippen LogP contribution in [-0.4, -0.2) is 18.3 Å². The third-order valence-electron chi connectivity index (χ3n) is 3.32. The second-order valence-electron chi connectivity index (χ2n) is 4.77. The molecule has 3 nitrogen and oxygen atoms in total. The summed E-state index contributed by atoms with van der Waals surface area (Å²) in [4.78, 5) is 0. The van der Waals surface area contributed by atoms with E-state index in [4.69, 9.17) is 10.5 Å². The van der Waals surface area contributed by atoms with E-state index in [1.54, 1.807) is 24.3 Å². The molecule has 5 heteroatoms. The standard InChI is InChI=1S/C16H17F2NO2/c17-13-6-7-14(18)15(10-13)21-9-8-16(20,11-19)12-4-2-1-3-5-12/h1-7,10,20H,8-9,11,19H2. The van der Waals surface area contributed by atoms with E-state index >= 15 is 0 Å². The molecule has 1 atom stereocenters. The first kappa shape index (κ1) is 15.4. The Morgan fingerprint density at radius 3 is 2.48 bits per heavy atom. The SMILES string of the molecule is NCC(O)(CCOc1cc(F)ccc1F)c1ccccc1. The van der Waals surface area contributed by atoms with Crippen molar-refractivity contribution in [2.75, 3.05) is 13.2 Å². The highest BCUT2D eigenvalue weighted by Gasteiger charge is 2.27. The number of aliphatic hydroxyl groups is 1. The fourth-order valence-electron chi connectivity index (χ4n) is 2.03. The normalized spacial score (nSPS) is 13.7. The van der Waals surface area contributed by atoms with E-state index < -0.39 is 17.2 Å². The van der Waals surface area contributed by atoms with E-state index in [0.717, 1.165) is 18.2 Å². The van der Waals surface area contributed by atoms with Crippen LogP contribution >= 0.6 is 0 Å². The Hall–Kier alpha value is -1.98. The molecule has 0 saturated heterocycles. The molecule has 0 heterocycles. The Labute approximate surface area is 122 Å². The van der Waals surface area contributed by atoms with Gasteiger partial charge in [0, 0.05) is 19.0 Å². The van der Waals surface area contributed by atoms with Crippen LogP contribution < -0.4 is 10.5 Å². The molecule has 0 aliphatic carbocycles. The lowest BCUT2D eigenvalue weighted by Gasteiger charge is -2.27. The molecular weight excluding hydrogens is 276 g/mol. The predicted molar refractivity (Wildman–Crippen MR) is 75.9 cm³/mol. The van der Waals surface area contributed by atoms with Crippen LogP contribution in [0.5, 0.6) is 5.75 Å². The Balaban J connectivity index is 2.02. The molecule has 0 aliphatic rings. The Bertz CT molecular complexity index is 592. The maximum absolute atomic E-state index is 13.4. The van der Waals surface area contributed by atoms with Crippen molar-refractivity contribution < 1.29 is 18.6 Å². The summed E-state index contributed by atoms with van der Waals surface area (Å²) in [6.45, 7) is 0.0228. The van der Waals surface area contributed by atoms with Crippen LogP contribution in [0.15, 0.2) is 48.5 Å². The van der Waals surface area contributed by atoms with Crippen LogP contribution in [0.3, 0.4) is 0 Å². The largest absolute Gasteiger partial charge is 0.490 e. The van der Waals surface area contributed by atoms with Gasteiger partial charge in [0.25, 0.3) is 0 Å². The van der Waals surface area contributed by atoms with E-state index in [1.807, 2.05) is 6.07 Å². The van der Waals surface area contributed by atoms with Gasteiger partial charge in [-0.25, -0.2) is 8.78 Å². The molecule has 0 saturated carbocycles. The summed E-state index contributed by atoms with van der Waals surface area (Å²) in [5, 5.41) is 10.5. The Morgan fingerprint density at radius 1 is 1.10 bits per heavy atom. The van der Waals surface area contributed by atoms with Gasteiger partial charge in [-0.15, -0.1) is 0 Å². The molecule has 0 spiro atoms. The van der Waals surface area contributed by atoms with E-state index in [1.165, 1.54) is 0 Å². The smallest absolute Gasteiger partial charge is 0.165 e. The summed E-state index contributed by atoms with van der Waals surface area (Å²) < 4.78 is 31.6. The number of rotatable bonds is 6. The monoisotopic (exact) mass is 293 g/mol. The molecule has 0 aromatic heterocycles. The average Bonchev–Trinajstić information content (AvgIpc) is 2.51. The van der Waals surface area contributed by atoms with Gasteiger partial charge in [0.2, 0.25) is 0 Å². The van der Waals surface area contributed by atoms with Crippen LogP contribution in [-0.2, 0) is 5.60 Å². The second kappa shape index (κ2) is 6.65. The maximum Gasteiger partial charge on any atom is 0.165 e. The number of hydrogen-bond donors (Lipinski definition) is 2. The maximum atomic E-state index is 13.4. The molecule has 0 bridgehead atoms. The van der Waals surface area contributed by atoms with E-state index in [-0.39, 0.29) is 25.3 Å². The Morgan fingerprint density at radius 2 is 1.81 bits per heavy atom. The molecule has 0 fully saturated rings. The van der Waals surface area contributed by atoms with Crippen LogP contribution in [0.2, 0.25) is 0 Å². The van der Waals surface area contributed by atoms with E-state index in [0.29, 0.717) is 5.56 Å². The molecule has 112 valence electrons. The van der Waals surface area contributed by atoms with Gasteiger partial charge in [-0.3, -0.25) is 0 Å². The highest BCUT2D eigenvalue weighted by atomic mass is 19.1. The molecular formula is C16H17F2NO2.